The van der Waals surface area contributed by atoms with Gasteiger partial charge in [-0.2, -0.15) is 0 Å². The Morgan fingerprint density at radius 1 is 1.42 bits per heavy atom. The van der Waals surface area contributed by atoms with Crippen molar-refractivity contribution in [3.05, 3.63) is 29.3 Å². The van der Waals surface area contributed by atoms with Crippen molar-refractivity contribution in [2.24, 2.45) is 11.1 Å². The third kappa shape index (κ3) is 2.65. The summed E-state index contributed by atoms with van der Waals surface area (Å²) in [4.78, 5) is 13.6. The fraction of sp³-hybridized carbons (Fsp3) is 0.533. The number of hydrogen-bond donors (Lipinski definition) is 2. The fourth-order valence-corrected chi connectivity index (χ4v) is 2.98. The van der Waals surface area contributed by atoms with E-state index in [1.54, 1.807) is 0 Å². The lowest BCUT2D eigenvalue weighted by Crippen LogP contribution is -2.38. The number of benzene rings is 1. The number of carbonyl (C=O) groups excluding carboxylic acids is 1. The van der Waals surface area contributed by atoms with Crippen molar-refractivity contribution < 1.29 is 4.79 Å². The van der Waals surface area contributed by atoms with Crippen molar-refractivity contribution in [2.45, 2.75) is 26.3 Å². The maximum Gasteiger partial charge on any atom is 0.228 e. The van der Waals surface area contributed by atoms with Crippen LogP contribution in [0.4, 0.5) is 5.69 Å². The minimum atomic E-state index is -0.0201. The molecule has 3 N–H and O–H groups in total. The third-order valence-electron chi connectivity index (χ3n) is 3.85. The van der Waals surface area contributed by atoms with Gasteiger partial charge in [0.15, 0.2) is 0 Å². The second-order valence-electron chi connectivity index (χ2n) is 6.20. The van der Waals surface area contributed by atoms with Crippen LogP contribution in [0.25, 0.3) is 0 Å². The van der Waals surface area contributed by atoms with Gasteiger partial charge in [0.25, 0.3) is 0 Å². The number of fused-ring (bicyclic) bond motifs is 1. The normalized spacial score (nSPS) is 16.4. The molecule has 0 radical (unpaired) electrons. The number of anilines is 1. The van der Waals surface area contributed by atoms with E-state index >= 15 is 0 Å². The fourth-order valence-electron chi connectivity index (χ4n) is 2.98. The molecule has 1 amide bonds. The van der Waals surface area contributed by atoms with Crippen molar-refractivity contribution >= 4 is 11.6 Å². The van der Waals surface area contributed by atoms with Gasteiger partial charge in [-0.05, 0) is 43.2 Å². The van der Waals surface area contributed by atoms with Crippen LogP contribution < -0.4 is 11.1 Å². The van der Waals surface area contributed by atoms with E-state index in [2.05, 4.69) is 50.3 Å². The molecule has 1 aromatic rings. The SMILES string of the molecule is CN(C)C(c1ccc2c(c1)CC(=O)N2)C(C)(C)CN. The number of nitrogens with one attached hydrogen (secondary N) is 1. The Kier molecular flexibility index (Phi) is 3.65. The second-order valence-corrected chi connectivity index (χ2v) is 6.20. The summed E-state index contributed by atoms with van der Waals surface area (Å²) in [5.74, 6) is 0.0756. The number of rotatable bonds is 4. The first-order valence-electron chi connectivity index (χ1n) is 6.64. The molecule has 1 aliphatic heterocycles. The van der Waals surface area contributed by atoms with Crippen molar-refractivity contribution in [2.75, 3.05) is 26.0 Å². The Morgan fingerprint density at radius 2 is 2.11 bits per heavy atom. The lowest BCUT2D eigenvalue weighted by atomic mass is 9.79. The number of nitrogens with two attached hydrogens (primary N) is 1. The van der Waals surface area contributed by atoms with Gasteiger partial charge in [0.2, 0.25) is 5.91 Å². The molecule has 0 aliphatic carbocycles. The van der Waals surface area contributed by atoms with Crippen molar-refractivity contribution in [3.63, 3.8) is 0 Å². The Bertz CT molecular complexity index is 494. The van der Waals surface area contributed by atoms with E-state index in [0.717, 1.165) is 11.3 Å². The van der Waals surface area contributed by atoms with Gasteiger partial charge >= 0.3 is 0 Å². The standard InChI is InChI=1S/C15H23N3O/c1-15(2,9-16)14(18(3)4)10-5-6-12-11(7-10)8-13(19)17-12/h5-7,14H,8-9,16H2,1-4H3,(H,17,19). The lowest BCUT2D eigenvalue weighted by Gasteiger charge is -2.38. The molecule has 1 unspecified atom stereocenters. The van der Waals surface area contributed by atoms with E-state index < -0.39 is 0 Å². The predicted octanol–water partition coefficient (Wildman–Crippen LogP) is 1.77. The van der Waals surface area contributed by atoms with E-state index in [9.17, 15) is 4.79 Å². The molecule has 4 heteroatoms. The summed E-state index contributed by atoms with van der Waals surface area (Å²) in [7, 11) is 4.14. The maximum atomic E-state index is 11.4. The molecule has 2 rings (SSSR count). The minimum Gasteiger partial charge on any atom is -0.330 e. The lowest BCUT2D eigenvalue weighted by molar-refractivity contribution is -0.115. The van der Waals surface area contributed by atoms with Crippen LogP contribution >= 0.6 is 0 Å². The van der Waals surface area contributed by atoms with Gasteiger partial charge in [0, 0.05) is 11.7 Å². The zero-order chi connectivity index (χ0) is 14.2. The van der Waals surface area contributed by atoms with Crippen molar-refractivity contribution in [3.8, 4) is 0 Å². The van der Waals surface area contributed by atoms with Gasteiger partial charge in [-0.3, -0.25) is 4.79 Å². The highest BCUT2D eigenvalue weighted by atomic mass is 16.1. The van der Waals surface area contributed by atoms with Gasteiger partial charge in [-0.15, -0.1) is 0 Å². The molecule has 0 saturated heterocycles. The summed E-state index contributed by atoms with van der Waals surface area (Å²) in [5.41, 5.74) is 9.15. The van der Waals surface area contributed by atoms with Crippen LogP contribution in [0.15, 0.2) is 18.2 Å². The molecule has 1 aromatic carbocycles. The minimum absolute atomic E-state index is 0.0201. The van der Waals surface area contributed by atoms with Crippen LogP contribution in [0.2, 0.25) is 0 Å². The summed E-state index contributed by atoms with van der Waals surface area (Å²) in [6.07, 6.45) is 0.479. The highest BCUT2D eigenvalue weighted by molar-refractivity contribution is 5.99. The zero-order valence-corrected chi connectivity index (χ0v) is 12.2. The number of carbonyl (C=O) groups is 1. The van der Waals surface area contributed by atoms with Crippen LogP contribution in [-0.2, 0) is 11.2 Å². The smallest absolute Gasteiger partial charge is 0.228 e. The summed E-state index contributed by atoms with van der Waals surface area (Å²) < 4.78 is 0. The van der Waals surface area contributed by atoms with Gasteiger partial charge in [-0.1, -0.05) is 26.0 Å². The number of amides is 1. The molecule has 104 valence electrons. The van der Waals surface area contributed by atoms with E-state index in [1.807, 2.05) is 6.07 Å². The second kappa shape index (κ2) is 4.94. The number of hydrogen-bond acceptors (Lipinski definition) is 3. The Hall–Kier alpha value is -1.39. The van der Waals surface area contributed by atoms with Crippen molar-refractivity contribution in [1.82, 2.24) is 4.90 Å². The Morgan fingerprint density at radius 3 is 2.68 bits per heavy atom. The topological polar surface area (TPSA) is 58.4 Å². The Balaban J connectivity index is 2.39. The summed E-state index contributed by atoms with van der Waals surface area (Å²) >= 11 is 0. The van der Waals surface area contributed by atoms with Gasteiger partial charge < -0.3 is 16.0 Å². The monoisotopic (exact) mass is 261 g/mol. The maximum absolute atomic E-state index is 11.4. The summed E-state index contributed by atoms with van der Waals surface area (Å²) in [6.45, 7) is 4.96. The molecule has 19 heavy (non-hydrogen) atoms. The summed E-state index contributed by atoms with van der Waals surface area (Å²) in [6, 6.07) is 6.46. The van der Waals surface area contributed by atoms with Crippen LogP contribution in [0, 0.1) is 5.41 Å². The highest BCUT2D eigenvalue weighted by Gasteiger charge is 2.32. The molecule has 0 spiro atoms. The first kappa shape index (κ1) is 14.0. The first-order valence-corrected chi connectivity index (χ1v) is 6.64. The molecule has 0 fully saturated rings. The molecular formula is C15H23N3O. The predicted molar refractivity (Wildman–Crippen MR) is 78.0 cm³/mol. The number of nitrogens with zero attached hydrogens (tertiary/aromatic N) is 1. The Labute approximate surface area is 115 Å². The van der Waals surface area contributed by atoms with Crippen LogP contribution in [0.5, 0.6) is 0 Å². The van der Waals surface area contributed by atoms with Crippen molar-refractivity contribution in [1.29, 1.82) is 0 Å². The van der Waals surface area contributed by atoms with Gasteiger partial charge in [0.1, 0.15) is 0 Å². The van der Waals surface area contributed by atoms with Gasteiger partial charge in [0.05, 0.1) is 6.42 Å². The van der Waals surface area contributed by atoms with Gasteiger partial charge in [-0.25, -0.2) is 0 Å². The average molecular weight is 261 g/mol. The average Bonchev–Trinajstić information content (AvgIpc) is 2.67. The molecular weight excluding hydrogens is 238 g/mol. The third-order valence-corrected chi connectivity index (χ3v) is 3.85. The van der Waals surface area contributed by atoms with Crippen LogP contribution in [0.1, 0.15) is 31.0 Å². The quantitative estimate of drug-likeness (QED) is 0.868. The largest absolute Gasteiger partial charge is 0.330 e. The molecule has 0 saturated carbocycles. The molecule has 1 aliphatic rings. The van der Waals surface area contributed by atoms with E-state index in [-0.39, 0.29) is 17.4 Å². The van der Waals surface area contributed by atoms with Crippen LogP contribution in [0.3, 0.4) is 0 Å². The molecule has 1 heterocycles. The van der Waals surface area contributed by atoms with E-state index in [4.69, 9.17) is 5.73 Å². The molecule has 0 bridgehead atoms. The van der Waals surface area contributed by atoms with E-state index in [1.165, 1.54) is 5.56 Å². The molecule has 4 nitrogen and oxygen atoms in total. The molecule has 0 aromatic heterocycles. The highest BCUT2D eigenvalue weighted by Crippen LogP contribution is 2.38. The summed E-state index contributed by atoms with van der Waals surface area (Å²) in [5, 5.41) is 2.87. The molecule has 1 atom stereocenters. The van der Waals surface area contributed by atoms with Crippen LogP contribution in [-0.4, -0.2) is 31.4 Å². The van der Waals surface area contributed by atoms with E-state index in [0.29, 0.717) is 13.0 Å². The zero-order valence-electron chi connectivity index (χ0n) is 12.2. The first-order chi connectivity index (χ1) is 8.85.